The normalized spacial score (nSPS) is 19.7. The lowest BCUT2D eigenvalue weighted by atomic mass is 9.95. The van der Waals surface area contributed by atoms with Crippen LogP contribution in [0.4, 0.5) is 11.8 Å². The predicted molar refractivity (Wildman–Crippen MR) is 155 cm³/mol. The number of nitrogens with zero attached hydrogens (tertiary/aromatic N) is 6. The van der Waals surface area contributed by atoms with Crippen LogP contribution in [0.25, 0.3) is 11.2 Å². The molecule has 1 saturated carbocycles. The molecule has 0 spiro atoms. The predicted octanol–water partition coefficient (Wildman–Crippen LogP) is 4.83. The third kappa shape index (κ3) is 6.35. The van der Waals surface area contributed by atoms with Crippen LogP contribution in [0.2, 0.25) is 0 Å². The molecule has 4 heterocycles. The first-order valence-corrected chi connectivity index (χ1v) is 15.0. The smallest absolute Gasteiger partial charge is 0.227 e. The van der Waals surface area contributed by atoms with Gasteiger partial charge in [0.25, 0.3) is 0 Å². The number of aromatic nitrogens is 4. The third-order valence-electron chi connectivity index (χ3n) is 8.63. The van der Waals surface area contributed by atoms with Crippen LogP contribution in [0.3, 0.4) is 0 Å². The maximum Gasteiger partial charge on any atom is 0.227 e. The molecule has 2 aromatic heterocycles. The molecule has 1 aromatic carbocycles. The molecule has 2 saturated heterocycles. The van der Waals surface area contributed by atoms with Crippen LogP contribution in [-0.4, -0.2) is 74.0 Å². The van der Waals surface area contributed by atoms with Gasteiger partial charge in [-0.05, 0) is 44.1 Å². The van der Waals surface area contributed by atoms with E-state index in [1.54, 1.807) is 0 Å². The molecule has 0 unspecified atom stereocenters. The van der Waals surface area contributed by atoms with Gasteiger partial charge >= 0.3 is 0 Å². The molecule has 3 aromatic rings. The number of carbonyl (C=O) groups excluding carboxylic acids is 1. The number of hydrogen-bond acceptors (Lipinski definition) is 7. The van der Waals surface area contributed by atoms with E-state index in [9.17, 15) is 4.79 Å². The molecular weight excluding hydrogens is 488 g/mol. The Labute approximate surface area is 231 Å². The fourth-order valence-electron chi connectivity index (χ4n) is 6.41. The van der Waals surface area contributed by atoms with Gasteiger partial charge in [-0.2, -0.15) is 9.97 Å². The van der Waals surface area contributed by atoms with Crippen molar-refractivity contribution in [3.8, 4) is 0 Å². The first-order chi connectivity index (χ1) is 19.2. The number of fused-ring (bicyclic) bond motifs is 1. The van der Waals surface area contributed by atoms with E-state index in [2.05, 4.69) is 50.4 Å². The van der Waals surface area contributed by atoms with Gasteiger partial charge in [-0.1, -0.05) is 49.6 Å². The van der Waals surface area contributed by atoms with Crippen LogP contribution in [0.1, 0.15) is 75.8 Å². The maximum absolute atomic E-state index is 12.0. The molecule has 0 atom stereocenters. The minimum Gasteiger partial charge on any atom is -0.368 e. The van der Waals surface area contributed by atoms with Crippen LogP contribution >= 0.6 is 0 Å². The molecule has 0 radical (unpaired) electrons. The number of imidazole rings is 1. The van der Waals surface area contributed by atoms with Crippen molar-refractivity contribution in [1.29, 1.82) is 0 Å². The van der Waals surface area contributed by atoms with Gasteiger partial charge in [-0.15, -0.1) is 0 Å². The number of likely N-dealkylation sites (tertiary alicyclic amines) is 2. The van der Waals surface area contributed by atoms with Gasteiger partial charge in [0.1, 0.15) is 0 Å². The molecule has 2 aliphatic heterocycles. The Bertz CT molecular complexity index is 1230. The van der Waals surface area contributed by atoms with Crippen LogP contribution in [-0.2, 0) is 11.3 Å². The minimum absolute atomic E-state index is 0.284. The van der Waals surface area contributed by atoms with Gasteiger partial charge in [-0.3, -0.25) is 9.69 Å². The molecule has 9 nitrogen and oxygen atoms in total. The summed E-state index contributed by atoms with van der Waals surface area (Å²) in [6, 6.07) is 11.5. The zero-order valence-corrected chi connectivity index (χ0v) is 23.0. The maximum atomic E-state index is 12.0. The largest absolute Gasteiger partial charge is 0.368 e. The van der Waals surface area contributed by atoms with Gasteiger partial charge < -0.3 is 20.1 Å². The van der Waals surface area contributed by atoms with Gasteiger partial charge in [0.05, 0.1) is 6.33 Å². The highest BCUT2D eigenvalue weighted by atomic mass is 16.2. The average molecular weight is 531 g/mol. The number of carbonyl (C=O) groups is 1. The molecule has 9 heteroatoms. The first-order valence-electron chi connectivity index (χ1n) is 15.0. The Kier molecular flexibility index (Phi) is 8.23. The van der Waals surface area contributed by atoms with Crippen molar-refractivity contribution in [2.45, 2.75) is 82.8 Å². The van der Waals surface area contributed by atoms with Crippen molar-refractivity contribution in [3.63, 3.8) is 0 Å². The van der Waals surface area contributed by atoms with Crippen molar-refractivity contribution < 1.29 is 4.79 Å². The number of hydrogen-bond donors (Lipinski definition) is 2. The van der Waals surface area contributed by atoms with Crippen molar-refractivity contribution in [2.24, 2.45) is 0 Å². The Balaban J connectivity index is 1.13. The summed E-state index contributed by atoms with van der Waals surface area (Å²) < 4.78 is 2.29. The van der Waals surface area contributed by atoms with Gasteiger partial charge in [0, 0.05) is 57.8 Å². The zero-order valence-electron chi connectivity index (χ0n) is 23.0. The Hall–Kier alpha value is -3.20. The lowest BCUT2D eigenvalue weighted by Crippen LogP contribution is -2.39. The summed E-state index contributed by atoms with van der Waals surface area (Å²) in [5.74, 6) is 1.78. The summed E-state index contributed by atoms with van der Waals surface area (Å²) in [5.41, 5.74) is 3.15. The van der Waals surface area contributed by atoms with Crippen molar-refractivity contribution in [1.82, 2.24) is 29.3 Å². The molecule has 3 aliphatic rings. The summed E-state index contributed by atoms with van der Waals surface area (Å²) >= 11 is 0. The molecule has 1 amide bonds. The number of nitrogens with one attached hydrogen (secondary N) is 2. The summed E-state index contributed by atoms with van der Waals surface area (Å²) in [5, 5.41) is 7.22. The lowest BCUT2D eigenvalue weighted by molar-refractivity contribution is -0.127. The second kappa shape index (κ2) is 12.3. The zero-order chi connectivity index (χ0) is 26.4. The molecule has 39 heavy (non-hydrogen) atoms. The quantitative estimate of drug-likeness (QED) is 0.363. The highest BCUT2D eigenvalue weighted by Crippen LogP contribution is 2.32. The highest BCUT2D eigenvalue weighted by Gasteiger charge is 2.24. The second-order valence-electron chi connectivity index (χ2n) is 11.5. The van der Waals surface area contributed by atoms with Gasteiger partial charge in [0.2, 0.25) is 11.9 Å². The summed E-state index contributed by atoms with van der Waals surface area (Å²) in [7, 11) is 0. The SMILES string of the molecule is O=C1CCCN1CCCNc1nc(NC2CCN(Cc3ccccc3)CC2)nc2c1ncn2C1CCCCC1. The van der Waals surface area contributed by atoms with Crippen LogP contribution in [0.5, 0.6) is 0 Å². The molecule has 208 valence electrons. The fourth-order valence-corrected chi connectivity index (χ4v) is 6.41. The van der Waals surface area contributed by atoms with E-state index in [0.29, 0.717) is 24.5 Å². The van der Waals surface area contributed by atoms with Crippen molar-refractivity contribution in [2.75, 3.05) is 43.4 Å². The number of piperidine rings is 1. The second-order valence-corrected chi connectivity index (χ2v) is 11.5. The van der Waals surface area contributed by atoms with Crippen molar-refractivity contribution in [3.05, 3.63) is 42.2 Å². The monoisotopic (exact) mass is 530 g/mol. The number of anilines is 2. The highest BCUT2D eigenvalue weighted by molar-refractivity contribution is 5.84. The van der Waals surface area contributed by atoms with Gasteiger partial charge in [-0.25, -0.2) is 4.98 Å². The number of benzene rings is 1. The minimum atomic E-state index is 0.284. The Morgan fingerprint density at radius 2 is 1.74 bits per heavy atom. The van der Waals surface area contributed by atoms with Crippen molar-refractivity contribution >= 4 is 28.8 Å². The van der Waals surface area contributed by atoms with E-state index in [4.69, 9.17) is 15.0 Å². The average Bonchev–Trinajstić information content (AvgIpc) is 3.59. The van der Waals surface area contributed by atoms with Gasteiger partial charge in [0.15, 0.2) is 17.0 Å². The topological polar surface area (TPSA) is 91.2 Å². The third-order valence-corrected chi connectivity index (χ3v) is 8.63. The molecule has 1 aliphatic carbocycles. The summed E-state index contributed by atoms with van der Waals surface area (Å²) in [4.78, 5) is 31.2. The summed E-state index contributed by atoms with van der Waals surface area (Å²) in [6.07, 6.45) is 12.9. The molecule has 2 N–H and O–H groups in total. The number of amides is 1. The van der Waals surface area contributed by atoms with Crippen LogP contribution in [0, 0.1) is 0 Å². The van der Waals surface area contributed by atoms with E-state index in [-0.39, 0.29) is 5.91 Å². The molecule has 0 bridgehead atoms. The Morgan fingerprint density at radius 3 is 2.51 bits per heavy atom. The standard InChI is InChI=1S/C30H42N8O/c39-26-13-7-17-37(26)18-8-16-31-28-27-29(38(22-32-27)25-11-5-2-6-12-25)35-30(34-28)33-24-14-19-36(20-15-24)21-23-9-3-1-4-10-23/h1,3-4,9-10,22,24-25H,2,5-8,11-21H2,(H2,31,33,34,35). The molecule has 3 fully saturated rings. The number of rotatable bonds is 10. The fraction of sp³-hybridized carbons (Fsp3) is 0.600. The molecule has 6 rings (SSSR count). The van der Waals surface area contributed by atoms with E-state index >= 15 is 0 Å². The van der Waals surface area contributed by atoms with Crippen LogP contribution in [0.15, 0.2) is 36.7 Å². The van der Waals surface area contributed by atoms with Crippen LogP contribution < -0.4 is 10.6 Å². The molecular formula is C30H42N8O. The summed E-state index contributed by atoms with van der Waals surface area (Å²) in [6.45, 7) is 5.57. The first kappa shape index (κ1) is 26.0. The lowest BCUT2D eigenvalue weighted by Gasteiger charge is -2.32. The van der Waals surface area contributed by atoms with E-state index in [1.807, 2.05) is 11.2 Å². The van der Waals surface area contributed by atoms with E-state index in [0.717, 1.165) is 81.9 Å². The Morgan fingerprint density at radius 1 is 0.923 bits per heavy atom. The van der Waals surface area contributed by atoms with E-state index in [1.165, 1.54) is 37.7 Å². The van der Waals surface area contributed by atoms with E-state index < -0.39 is 0 Å².